The van der Waals surface area contributed by atoms with Crippen LogP contribution >= 0.6 is 0 Å². The van der Waals surface area contributed by atoms with E-state index in [4.69, 9.17) is 4.99 Å². The molecule has 0 aromatic heterocycles. The lowest BCUT2D eigenvalue weighted by atomic mass is 10.1. The summed E-state index contributed by atoms with van der Waals surface area (Å²) in [4.78, 5) is 7.48. The summed E-state index contributed by atoms with van der Waals surface area (Å²) in [5.74, 6) is 2.59. The van der Waals surface area contributed by atoms with Crippen LogP contribution in [-0.4, -0.2) is 49.6 Å². The van der Waals surface area contributed by atoms with Crippen LogP contribution in [0.15, 0.2) is 4.99 Å². The second kappa shape index (κ2) is 9.39. The largest absolute Gasteiger partial charge is 0.357 e. The van der Waals surface area contributed by atoms with Crippen LogP contribution in [0.25, 0.3) is 0 Å². The molecule has 2 fully saturated rings. The minimum atomic E-state index is 0.761. The highest BCUT2D eigenvalue weighted by atomic mass is 15.2. The maximum Gasteiger partial charge on any atom is 0.191 e. The van der Waals surface area contributed by atoms with Crippen LogP contribution in [0.2, 0.25) is 0 Å². The molecule has 0 bridgehead atoms. The van der Waals surface area contributed by atoms with Crippen molar-refractivity contribution in [1.82, 2.24) is 15.5 Å². The third kappa shape index (κ3) is 6.55. The van der Waals surface area contributed by atoms with Crippen molar-refractivity contribution in [3.8, 4) is 0 Å². The number of nitrogens with one attached hydrogen (secondary N) is 2. The topological polar surface area (TPSA) is 39.7 Å². The number of aliphatic imine (C=N–C) groups is 1. The maximum absolute atomic E-state index is 4.81. The van der Waals surface area contributed by atoms with E-state index < -0.39 is 0 Å². The fraction of sp³-hybridized carbons (Fsp3) is 0.944. The third-order valence-electron chi connectivity index (χ3n) is 4.73. The molecule has 4 nitrogen and oxygen atoms in total. The van der Waals surface area contributed by atoms with Crippen molar-refractivity contribution in [3.05, 3.63) is 0 Å². The Kier molecular flexibility index (Phi) is 7.50. The second-order valence-corrected chi connectivity index (χ2v) is 7.42. The van der Waals surface area contributed by atoms with Gasteiger partial charge in [-0.15, -0.1) is 0 Å². The zero-order valence-corrected chi connectivity index (χ0v) is 14.9. The molecule has 0 aromatic carbocycles. The van der Waals surface area contributed by atoms with E-state index in [1.54, 1.807) is 0 Å². The van der Waals surface area contributed by atoms with Crippen LogP contribution in [0.4, 0.5) is 0 Å². The van der Waals surface area contributed by atoms with Crippen LogP contribution in [0.1, 0.15) is 59.3 Å². The molecular formula is C18H36N4. The Hall–Kier alpha value is -0.770. The van der Waals surface area contributed by atoms with Crippen LogP contribution < -0.4 is 10.6 Å². The zero-order valence-electron chi connectivity index (χ0n) is 14.9. The van der Waals surface area contributed by atoms with E-state index >= 15 is 0 Å². The number of likely N-dealkylation sites (tertiary alicyclic amines) is 1. The number of hydrogen-bond donors (Lipinski definition) is 2. The number of unbranched alkanes of at least 4 members (excludes halogenated alkanes) is 1. The lowest BCUT2D eigenvalue weighted by Gasteiger charge is -2.15. The molecule has 1 heterocycles. The van der Waals surface area contributed by atoms with Gasteiger partial charge in [-0.05, 0) is 51.0 Å². The summed E-state index contributed by atoms with van der Waals surface area (Å²) in [6.45, 7) is 12.3. The summed E-state index contributed by atoms with van der Waals surface area (Å²) >= 11 is 0. The Morgan fingerprint density at radius 2 is 2.00 bits per heavy atom. The Morgan fingerprint density at radius 1 is 1.18 bits per heavy atom. The van der Waals surface area contributed by atoms with Gasteiger partial charge in [0.15, 0.2) is 5.96 Å². The smallest absolute Gasteiger partial charge is 0.191 e. The van der Waals surface area contributed by atoms with Crippen molar-refractivity contribution < 1.29 is 0 Å². The predicted molar refractivity (Wildman–Crippen MR) is 95.4 cm³/mol. The van der Waals surface area contributed by atoms with Gasteiger partial charge in [-0.1, -0.05) is 26.7 Å². The molecule has 128 valence electrons. The molecule has 1 aliphatic heterocycles. The summed E-state index contributed by atoms with van der Waals surface area (Å²) in [6.07, 6.45) is 8.06. The Balaban J connectivity index is 1.63. The number of guanidine groups is 1. The van der Waals surface area contributed by atoms with Crippen LogP contribution in [-0.2, 0) is 0 Å². The van der Waals surface area contributed by atoms with E-state index in [0.29, 0.717) is 0 Å². The van der Waals surface area contributed by atoms with Gasteiger partial charge in [0.2, 0.25) is 0 Å². The minimum Gasteiger partial charge on any atom is -0.357 e. The molecule has 2 aliphatic rings. The van der Waals surface area contributed by atoms with E-state index in [9.17, 15) is 0 Å². The molecular weight excluding hydrogens is 272 g/mol. The van der Waals surface area contributed by atoms with Crippen molar-refractivity contribution in [3.63, 3.8) is 0 Å². The predicted octanol–water partition coefficient (Wildman–Crippen LogP) is 2.85. The monoisotopic (exact) mass is 308 g/mol. The van der Waals surface area contributed by atoms with Crippen LogP contribution in [0.5, 0.6) is 0 Å². The molecule has 0 amide bonds. The van der Waals surface area contributed by atoms with Crippen molar-refractivity contribution in [2.45, 2.75) is 65.3 Å². The molecule has 1 saturated heterocycles. The normalized spacial score (nSPS) is 23.3. The first kappa shape index (κ1) is 17.6. The van der Waals surface area contributed by atoms with Crippen LogP contribution in [0, 0.1) is 11.8 Å². The number of rotatable bonds is 9. The lowest BCUT2D eigenvalue weighted by Crippen LogP contribution is -2.38. The molecule has 0 radical (unpaired) electrons. The average Bonchev–Trinajstić information content (AvgIpc) is 3.23. The fourth-order valence-corrected chi connectivity index (χ4v) is 3.23. The van der Waals surface area contributed by atoms with Crippen LogP contribution in [0.3, 0.4) is 0 Å². The fourth-order valence-electron chi connectivity index (χ4n) is 3.23. The van der Waals surface area contributed by atoms with E-state index in [1.807, 2.05) is 0 Å². The van der Waals surface area contributed by atoms with Gasteiger partial charge in [-0.2, -0.15) is 0 Å². The molecule has 1 unspecified atom stereocenters. The van der Waals surface area contributed by atoms with E-state index in [0.717, 1.165) is 43.5 Å². The molecule has 0 spiro atoms. The van der Waals surface area contributed by atoms with Crippen molar-refractivity contribution >= 4 is 5.96 Å². The lowest BCUT2D eigenvalue weighted by molar-refractivity contribution is 0.315. The molecule has 22 heavy (non-hydrogen) atoms. The van der Waals surface area contributed by atoms with Gasteiger partial charge in [0.05, 0.1) is 0 Å². The van der Waals surface area contributed by atoms with Gasteiger partial charge >= 0.3 is 0 Å². The van der Waals surface area contributed by atoms with E-state index in [1.165, 1.54) is 51.6 Å². The van der Waals surface area contributed by atoms with Gasteiger partial charge in [0.1, 0.15) is 0 Å². The number of nitrogens with zero attached hydrogens (tertiary/aromatic N) is 2. The van der Waals surface area contributed by atoms with Gasteiger partial charge in [0.25, 0.3) is 0 Å². The number of hydrogen-bond acceptors (Lipinski definition) is 2. The van der Waals surface area contributed by atoms with E-state index in [-0.39, 0.29) is 0 Å². The Labute approximate surface area is 137 Å². The first-order chi connectivity index (χ1) is 10.7. The third-order valence-corrected chi connectivity index (χ3v) is 4.73. The first-order valence-corrected chi connectivity index (χ1v) is 9.45. The summed E-state index contributed by atoms with van der Waals surface area (Å²) in [7, 11) is 0. The first-order valence-electron chi connectivity index (χ1n) is 9.45. The highest BCUT2D eigenvalue weighted by Gasteiger charge is 2.34. The second-order valence-electron chi connectivity index (χ2n) is 7.42. The quantitative estimate of drug-likeness (QED) is 0.391. The van der Waals surface area contributed by atoms with Gasteiger partial charge in [-0.3, -0.25) is 4.99 Å². The Morgan fingerprint density at radius 3 is 2.68 bits per heavy atom. The van der Waals surface area contributed by atoms with Crippen molar-refractivity contribution in [2.24, 2.45) is 16.8 Å². The highest BCUT2D eigenvalue weighted by molar-refractivity contribution is 5.79. The van der Waals surface area contributed by atoms with Gasteiger partial charge in [-0.25, -0.2) is 0 Å². The molecule has 4 heteroatoms. The molecule has 1 atom stereocenters. The standard InChI is InChI=1S/C18H36N4/c1-4-19-18(20-11-6-5-7-15(2)3)21-13-16-10-12-22(14-16)17-8-9-17/h15-17H,4-14H2,1-3H3,(H2,19,20,21). The minimum absolute atomic E-state index is 0.761. The summed E-state index contributed by atoms with van der Waals surface area (Å²) in [5.41, 5.74) is 0. The summed E-state index contributed by atoms with van der Waals surface area (Å²) in [5, 5.41) is 6.87. The average molecular weight is 309 g/mol. The summed E-state index contributed by atoms with van der Waals surface area (Å²) < 4.78 is 0. The summed E-state index contributed by atoms with van der Waals surface area (Å²) in [6, 6.07) is 0.918. The highest BCUT2D eigenvalue weighted by Crippen LogP contribution is 2.31. The maximum atomic E-state index is 4.81. The molecule has 2 rings (SSSR count). The molecule has 1 saturated carbocycles. The molecule has 2 N–H and O–H groups in total. The molecule has 0 aromatic rings. The van der Waals surface area contributed by atoms with Crippen molar-refractivity contribution in [1.29, 1.82) is 0 Å². The van der Waals surface area contributed by atoms with Gasteiger partial charge in [0, 0.05) is 32.2 Å². The SMILES string of the molecule is CCNC(=NCC1CCN(C2CC2)C1)NCCCCC(C)C. The van der Waals surface area contributed by atoms with Crippen molar-refractivity contribution in [2.75, 3.05) is 32.7 Å². The Bertz CT molecular complexity index is 336. The van der Waals surface area contributed by atoms with Gasteiger partial charge < -0.3 is 15.5 Å². The van der Waals surface area contributed by atoms with E-state index in [2.05, 4.69) is 36.3 Å². The zero-order chi connectivity index (χ0) is 15.8. The molecule has 1 aliphatic carbocycles.